The van der Waals surface area contributed by atoms with E-state index in [0.717, 1.165) is 27.8 Å². The molecule has 3 rings (SSSR count). The molecule has 36 heavy (non-hydrogen) atoms. The monoisotopic (exact) mass is 509 g/mol. The molecule has 1 atom stereocenters. The van der Waals surface area contributed by atoms with E-state index in [0.29, 0.717) is 6.42 Å². The van der Waals surface area contributed by atoms with Gasteiger partial charge in [0.1, 0.15) is 6.04 Å². The van der Waals surface area contributed by atoms with Crippen molar-refractivity contribution in [1.29, 1.82) is 0 Å². The van der Waals surface area contributed by atoms with Gasteiger partial charge in [-0.3, -0.25) is 14.8 Å². The number of likely N-dealkylation sites (N-methyl/N-ethyl adjacent to an activating group) is 1. The van der Waals surface area contributed by atoms with Crippen LogP contribution in [0.25, 0.3) is 11.1 Å². The van der Waals surface area contributed by atoms with E-state index in [2.05, 4.69) is 4.72 Å². The van der Waals surface area contributed by atoms with Gasteiger partial charge in [0.25, 0.3) is 0 Å². The van der Waals surface area contributed by atoms with Gasteiger partial charge in [0.2, 0.25) is 21.8 Å². The van der Waals surface area contributed by atoms with Gasteiger partial charge in [0.15, 0.2) is 0 Å². The fraction of sp³-hybridized carbons (Fsp3) is 0.259. The first kappa shape index (κ1) is 27.1. The van der Waals surface area contributed by atoms with E-state index in [1.807, 2.05) is 55.5 Å². The lowest BCUT2D eigenvalue weighted by Gasteiger charge is -2.22. The van der Waals surface area contributed by atoms with Crippen LogP contribution >= 0.6 is 0 Å². The van der Waals surface area contributed by atoms with Crippen LogP contribution in [0.4, 0.5) is 0 Å². The van der Waals surface area contributed by atoms with Crippen LogP contribution in [-0.2, 0) is 32.5 Å². The standard InChI is InChI=1S/C27H31N3O5S/c1-19-4-15-24(16-5-19)36(34,35)29-25(27(32)30(2)3)18-21-8-13-23(14-9-21)22-11-6-20(7-12-22)10-17-26(31)28-33/h4-9,11-16,25,29,33H,10,17-18H2,1-3H3,(H,28,31). The average Bonchev–Trinajstić information content (AvgIpc) is 2.87. The number of hydrogen-bond donors (Lipinski definition) is 3. The number of carbonyl (C=O) groups is 2. The van der Waals surface area contributed by atoms with E-state index in [1.165, 1.54) is 17.0 Å². The van der Waals surface area contributed by atoms with Crippen LogP contribution in [0.3, 0.4) is 0 Å². The number of aryl methyl sites for hydroxylation is 2. The van der Waals surface area contributed by atoms with Gasteiger partial charge in [-0.25, -0.2) is 13.9 Å². The maximum absolute atomic E-state index is 12.9. The number of hydrogen-bond acceptors (Lipinski definition) is 5. The number of amides is 2. The lowest BCUT2D eigenvalue weighted by Crippen LogP contribution is -2.47. The van der Waals surface area contributed by atoms with Crippen molar-refractivity contribution in [2.75, 3.05) is 14.1 Å². The molecular formula is C27H31N3O5S. The van der Waals surface area contributed by atoms with Crippen molar-refractivity contribution < 1.29 is 23.2 Å². The smallest absolute Gasteiger partial charge is 0.243 e. The highest BCUT2D eigenvalue weighted by Crippen LogP contribution is 2.22. The van der Waals surface area contributed by atoms with E-state index in [4.69, 9.17) is 5.21 Å². The predicted octanol–water partition coefficient (Wildman–Crippen LogP) is 3.08. The first-order valence-electron chi connectivity index (χ1n) is 11.5. The van der Waals surface area contributed by atoms with Crippen molar-refractivity contribution in [2.24, 2.45) is 0 Å². The van der Waals surface area contributed by atoms with Crippen LogP contribution < -0.4 is 10.2 Å². The molecule has 0 aliphatic rings. The molecule has 0 bridgehead atoms. The molecule has 0 heterocycles. The number of benzene rings is 3. The second-order valence-corrected chi connectivity index (χ2v) is 10.6. The lowest BCUT2D eigenvalue weighted by molar-refractivity contribution is -0.130. The first-order chi connectivity index (χ1) is 17.1. The van der Waals surface area contributed by atoms with Crippen LogP contribution in [0.15, 0.2) is 77.7 Å². The summed E-state index contributed by atoms with van der Waals surface area (Å²) in [6, 6.07) is 20.9. The Morgan fingerprint density at radius 2 is 1.39 bits per heavy atom. The molecule has 0 radical (unpaired) electrons. The van der Waals surface area contributed by atoms with Gasteiger partial charge in [-0.1, -0.05) is 66.2 Å². The summed E-state index contributed by atoms with van der Waals surface area (Å²) in [5, 5.41) is 8.60. The van der Waals surface area contributed by atoms with Crippen molar-refractivity contribution in [3.8, 4) is 11.1 Å². The maximum Gasteiger partial charge on any atom is 0.243 e. The number of hydroxylamine groups is 1. The molecule has 2 amide bonds. The molecule has 3 aromatic rings. The summed E-state index contributed by atoms with van der Waals surface area (Å²) >= 11 is 0. The van der Waals surface area contributed by atoms with Crippen molar-refractivity contribution in [3.05, 3.63) is 89.5 Å². The zero-order valence-electron chi connectivity index (χ0n) is 20.6. The summed E-state index contributed by atoms with van der Waals surface area (Å²) in [5.74, 6) is -0.762. The summed E-state index contributed by atoms with van der Waals surface area (Å²) in [6.45, 7) is 1.87. The first-order valence-corrected chi connectivity index (χ1v) is 13.0. The molecule has 9 heteroatoms. The third-order valence-electron chi connectivity index (χ3n) is 5.81. The summed E-state index contributed by atoms with van der Waals surface area (Å²) in [5.41, 5.74) is 6.31. The van der Waals surface area contributed by atoms with E-state index in [1.54, 1.807) is 31.7 Å². The number of nitrogens with one attached hydrogen (secondary N) is 2. The van der Waals surface area contributed by atoms with Gasteiger partial charge in [-0.05, 0) is 54.2 Å². The Morgan fingerprint density at radius 1 is 0.861 bits per heavy atom. The zero-order chi connectivity index (χ0) is 26.3. The fourth-order valence-corrected chi connectivity index (χ4v) is 4.90. The molecule has 0 fully saturated rings. The largest absolute Gasteiger partial charge is 0.347 e. The Hall–Kier alpha value is -3.53. The highest BCUT2D eigenvalue weighted by atomic mass is 32.2. The Bertz CT molecular complexity index is 1290. The van der Waals surface area contributed by atoms with Gasteiger partial charge in [-0.2, -0.15) is 4.72 Å². The SMILES string of the molecule is Cc1ccc(S(=O)(=O)NC(Cc2ccc(-c3ccc(CCC(=O)NO)cc3)cc2)C(=O)N(C)C)cc1. The Labute approximate surface area is 212 Å². The van der Waals surface area contributed by atoms with Crippen LogP contribution in [-0.4, -0.2) is 50.5 Å². The van der Waals surface area contributed by atoms with Gasteiger partial charge in [0.05, 0.1) is 4.90 Å². The van der Waals surface area contributed by atoms with Crippen molar-refractivity contribution in [1.82, 2.24) is 15.1 Å². The second-order valence-electron chi connectivity index (χ2n) is 8.85. The molecule has 8 nitrogen and oxygen atoms in total. The zero-order valence-corrected chi connectivity index (χ0v) is 21.4. The number of rotatable bonds is 10. The third-order valence-corrected chi connectivity index (χ3v) is 7.30. The van der Waals surface area contributed by atoms with Crippen LogP contribution in [0.1, 0.15) is 23.1 Å². The summed E-state index contributed by atoms with van der Waals surface area (Å²) in [4.78, 5) is 25.5. The van der Waals surface area contributed by atoms with E-state index in [-0.39, 0.29) is 23.6 Å². The maximum atomic E-state index is 12.9. The fourth-order valence-electron chi connectivity index (χ4n) is 3.71. The van der Waals surface area contributed by atoms with Gasteiger partial charge in [0, 0.05) is 20.5 Å². The minimum absolute atomic E-state index is 0.112. The average molecular weight is 510 g/mol. The molecule has 0 aliphatic carbocycles. The Kier molecular flexibility index (Phi) is 8.98. The molecule has 0 aliphatic heterocycles. The van der Waals surface area contributed by atoms with Crippen molar-refractivity contribution >= 4 is 21.8 Å². The summed E-state index contributed by atoms with van der Waals surface area (Å²) in [7, 11) is -0.687. The third kappa shape index (κ3) is 7.24. The van der Waals surface area contributed by atoms with Crippen LogP contribution in [0.5, 0.6) is 0 Å². The minimum Gasteiger partial charge on any atom is -0.347 e. The van der Waals surface area contributed by atoms with E-state index >= 15 is 0 Å². The molecule has 0 saturated heterocycles. The molecule has 3 N–H and O–H groups in total. The normalized spacial score (nSPS) is 12.1. The molecular weight excluding hydrogens is 478 g/mol. The molecule has 190 valence electrons. The number of sulfonamides is 1. The van der Waals surface area contributed by atoms with Crippen molar-refractivity contribution in [3.63, 3.8) is 0 Å². The molecule has 0 aromatic heterocycles. The molecule has 3 aromatic carbocycles. The molecule has 0 spiro atoms. The predicted molar refractivity (Wildman–Crippen MR) is 138 cm³/mol. The summed E-state index contributed by atoms with van der Waals surface area (Å²) < 4.78 is 28.4. The molecule has 0 saturated carbocycles. The Balaban J connectivity index is 1.73. The highest BCUT2D eigenvalue weighted by molar-refractivity contribution is 7.89. The molecule has 1 unspecified atom stereocenters. The topological polar surface area (TPSA) is 116 Å². The van der Waals surface area contributed by atoms with E-state index < -0.39 is 22.0 Å². The minimum atomic E-state index is -3.88. The number of nitrogens with zero attached hydrogens (tertiary/aromatic N) is 1. The van der Waals surface area contributed by atoms with Gasteiger partial charge in [-0.15, -0.1) is 0 Å². The quantitative estimate of drug-likeness (QED) is 0.287. The second kappa shape index (κ2) is 11.9. The Morgan fingerprint density at radius 3 is 1.89 bits per heavy atom. The van der Waals surface area contributed by atoms with E-state index in [9.17, 15) is 18.0 Å². The van der Waals surface area contributed by atoms with Crippen molar-refractivity contribution in [2.45, 2.75) is 37.1 Å². The number of carbonyl (C=O) groups excluding carboxylic acids is 2. The van der Waals surface area contributed by atoms with Crippen LogP contribution in [0.2, 0.25) is 0 Å². The van der Waals surface area contributed by atoms with Gasteiger partial charge >= 0.3 is 0 Å². The summed E-state index contributed by atoms with van der Waals surface area (Å²) in [6.07, 6.45) is 0.921. The van der Waals surface area contributed by atoms with Crippen LogP contribution in [0, 0.1) is 6.92 Å². The lowest BCUT2D eigenvalue weighted by atomic mass is 9.99. The highest BCUT2D eigenvalue weighted by Gasteiger charge is 2.27. The van der Waals surface area contributed by atoms with Gasteiger partial charge < -0.3 is 4.90 Å².